The first kappa shape index (κ1) is 14.8. The van der Waals surface area contributed by atoms with Crippen LogP contribution in [0.3, 0.4) is 0 Å². The fourth-order valence-corrected chi connectivity index (χ4v) is 2.93. The first-order chi connectivity index (χ1) is 11.9. The number of benzene rings is 1. The van der Waals surface area contributed by atoms with E-state index in [0.29, 0.717) is 12.5 Å². The molecule has 0 saturated carbocycles. The second-order valence-corrected chi connectivity index (χ2v) is 5.67. The molecule has 5 nitrogen and oxygen atoms in total. The van der Waals surface area contributed by atoms with Crippen LogP contribution in [-0.2, 0) is 11.2 Å². The summed E-state index contributed by atoms with van der Waals surface area (Å²) < 4.78 is 5.91. The Balaban J connectivity index is 1.49. The number of nitrogens with zero attached hydrogens (tertiary/aromatic N) is 3. The van der Waals surface area contributed by atoms with Crippen LogP contribution >= 0.6 is 0 Å². The van der Waals surface area contributed by atoms with Crippen molar-refractivity contribution in [2.45, 2.75) is 12.5 Å². The highest BCUT2D eigenvalue weighted by molar-refractivity contribution is 5.54. The van der Waals surface area contributed by atoms with E-state index in [-0.39, 0.29) is 6.10 Å². The summed E-state index contributed by atoms with van der Waals surface area (Å²) in [5.41, 5.74) is 4.25. The van der Waals surface area contributed by atoms with Crippen molar-refractivity contribution in [2.75, 3.05) is 18.5 Å². The number of hydrogen-bond acceptors (Lipinski definition) is 5. The number of anilines is 1. The van der Waals surface area contributed by atoms with Crippen LogP contribution in [-0.4, -0.2) is 28.1 Å². The fourth-order valence-electron chi connectivity index (χ4n) is 2.93. The minimum atomic E-state index is 0.0251. The van der Waals surface area contributed by atoms with E-state index in [4.69, 9.17) is 4.74 Å². The standard InChI is InChI=1S/C19H18N4O/c1-2-6-15-14(5-1)9-12-24-18(15)13-22-19-21-11-8-17(23-19)16-7-3-4-10-20-16/h1-8,10-11,18H,9,12-13H2,(H,21,22,23)/t18-/m0/s1. The van der Waals surface area contributed by atoms with Crippen LogP contribution < -0.4 is 5.32 Å². The van der Waals surface area contributed by atoms with E-state index >= 15 is 0 Å². The molecule has 0 unspecified atom stereocenters. The number of aromatic nitrogens is 3. The summed E-state index contributed by atoms with van der Waals surface area (Å²) in [6.07, 6.45) is 4.50. The minimum Gasteiger partial charge on any atom is -0.371 e. The van der Waals surface area contributed by atoms with E-state index in [1.54, 1.807) is 12.4 Å². The van der Waals surface area contributed by atoms with Crippen molar-refractivity contribution in [3.63, 3.8) is 0 Å². The van der Waals surface area contributed by atoms with Crippen LogP contribution in [0.25, 0.3) is 11.4 Å². The maximum absolute atomic E-state index is 5.91. The predicted octanol–water partition coefficient (Wildman–Crippen LogP) is 3.26. The molecular formula is C19H18N4O. The van der Waals surface area contributed by atoms with Gasteiger partial charge < -0.3 is 10.1 Å². The summed E-state index contributed by atoms with van der Waals surface area (Å²) in [4.78, 5) is 13.2. The molecule has 24 heavy (non-hydrogen) atoms. The Labute approximate surface area is 140 Å². The lowest BCUT2D eigenvalue weighted by Crippen LogP contribution is -2.23. The lowest BCUT2D eigenvalue weighted by molar-refractivity contribution is 0.0512. The lowest BCUT2D eigenvalue weighted by atomic mass is 9.98. The molecule has 0 bridgehead atoms. The highest BCUT2D eigenvalue weighted by Gasteiger charge is 2.20. The van der Waals surface area contributed by atoms with E-state index in [1.807, 2.05) is 24.3 Å². The molecule has 0 amide bonds. The van der Waals surface area contributed by atoms with Gasteiger partial charge in [0.25, 0.3) is 0 Å². The normalized spacial score (nSPS) is 16.4. The molecule has 4 rings (SSSR count). The Bertz CT molecular complexity index is 822. The number of fused-ring (bicyclic) bond motifs is 1. The summed E-state index contributed by atoms with van der Waals surface area (Å²) in [5, 5.41) is 3.29. The summed E-state index contributed by atoms with van der Waals surface area (Å²) in [5.74, 6) is 0.588. The number of hydrogen-bond donors (Lipinski definition) is 1. The SMILES string of the molecule is c1ccc(-c2ccnc(NC[C@@H]3OCCc4ccccc43)n2)nc1. The van der Waals surface area contributed by atoms with Gasteiger partial charge in [-0.05, 0) is 35.7 Å². The molecule has 0 spiro atoms. The third-order valence-electron chi connectivity index (χ3n) is 4.12. The molecular weight excluding hydrogens is 300 g/mol. The molecule has 0 fully saturated rings. The molecule has 2 aromatic heterocycles. The zero-order valence-corrected chi connectivity index (χ0v) is 13.2. The molecule has 3 heterocycles. The molecule has 1 aliphatic heterocycles. The lowest BCUT2D eigenvalue weighted by Gasteiger charge is -2.26. The van der Waals surface area contributed by atoms with E-state index in [9.17, 15) is 0 Å². The van der Waals surface area contributed by atoms with Crippen molar-refractivity contribution in [3.05, 3.63) is 72.1 Å². The molecule has 0 aliphatic carbocycles. The second-order valence-electron chi connectivity index (χ2n) is 5.67. The van der Waals surface area contributed by atoms with Crippen molar-refractivity contribution in [1.29, 1.82) is 0 Å². The van der Waals surface area contributed by atoms with Gasteiger partial charge in [-0.1, -0.05) is 30.3 Å². The molecule has 5 heteroatoms. The summed E-state index contributed by atoms with van der Waals surface area (Å²) in [7, 11) is 0. The van der Waals surface area contributed by atoms with Crippen LogP contribution in [0.15, 0.2) is 60.9 Å². The van der Waals surface area contributed by atoms with Gasteiger partial charge >= 0.3 is 0 Å². The van der Waals surface area contributed by atoms with Crippen molar-refractivity contribution in [3.8, 4) is 11.4 Å². The number of rotatable bonds is 4. The van der Waals surface area contributed by atoms with Gasteiger partial charge in [0.1, 0.15) is 6.10 Å². The summed E-state index contributed by atoms with van der Waals surface area (Å²) in [6.45, 7) is 1.39. The Hall–Kier alpha value is -2.79. The largest absolute Gasteiger partial charge is 0.371 e. The molecule has 1 aromatic carbocycles. The number of pyridine rings is 1. The Morgan fingerprint density at radius 3 is 2.79 bits per heavy atom. The Kier molecular flexibility index (Phi) is 4.16. The van der Waals surface area contributed by atoms with Crippen molar-refractivity contribution < 1.29 is 4.74 Å². The van der Waals surface area contributed by atoms with Gasteiger partial charge in [-0.2, -0.15) is 0 Å². The van der Waals surface area contributed by atoms with Crippen LogP contribution in [0.1, 0.15) is 17.2 Å². The van der Waals surface area contributed by atoms with E-state index in [1.165, 1.54) is 11.1 Å². The monoisotopic (exact) mass is 318 g/mol. The highest BCUT2D eigenvalue weighted by Crippen LogP contribution is 2.27. The molecule has 0 radical (unpaired) electrons. The molecule has 1 N–H and O–H groups in total. The molecule has 3 aromatic rings. The summed E-state index contributed by atoms with van der Waals surface area (Å²) >= 11 is 0. The molecule has 1 aliphatic rings. The van der Waals surface area contributed by atoms with Gasteiger partial charge in [-0.25, -0.2) is 9.97 Å². The van der Waals surface area contributed by atoms with Crippen molar-refractivity contribution in [1.82, 2.24) is 15.0 Å². The zero-order chi connectivity index (χ0) is 16.2. The number of nitrogens with one attached hydrogen (secondary N) is 1. The molecule has 1 atom stereocenters. The first-order valence-corrected chi connectivity index (χ1v) is 8.08. The topological polar surface area (TPSA) is 59.9 Å². The van der Waals surface area contributed by atoms with Gasteiger partial charge in [0.15, 0.2) is 0 Å². The third kappa shape index (κ3) is 3.12. The smallest absolute Gasteiger partial charge is 0.223 e. The summed E-state index contributed by atoms with van der Waals surface area (Å²) in [6, 6.07) is 16.1. The van der Waals surface area contributed by atoms with E-state index in [0.717, 1.165) is 24.4 Å². The molecule has 120 valence electrons. The average Bonchev–Trinajstić information content (AvgIpc) is 2.67. The zero-order valence-electron chi connectivity index (χ0n) is 13.2. The van der Waals surface area contributed by atoms with Gasteiger partial charge in [-0.15, -0.1) is 0 Å². The molecule has 0 saturated heterocycles. The van der Waals surface area contributed by atoms with Crippen molar-refractivity contribution in [2.24, 2.45) is 0 Å². The third-order valence-corrected chi connectivity index (χ3v) is 4.12. The number of ether oxygens (including phenoxy) is 1. The Morgan fingerprint density at radius 1 is 0.958 bits per heavy atom. The van der Waals surface area contributed by atoms with Gasteiger partial charge in [0, 0.05) is 18.9 Å². The Morgan fingerprint density at radius 2 is 1.88 bits per heavy atom. The van der Waals surface area contributed by atoms with E-state index < -0.39 is 0 Å². The second kappa shape index (κ2) is 6.76. The highest BCUT2D eigenvalue weighted by atomic mass is 16.5. The van der Waals surface area contributed by atoms with Gasteiger partial charge in [-0.3, -0.25) is 4.98 Å². The van der Waals surface area contributed by atoms with E-state index in [2.05, 4.69) is 44.5 Å². The fraction of sp³-hybridized carbons (Fsp3) is 0.211. The van der Waals surface area contributed by atoms with Crippen LogP contribution in [0.5, 0.6) is 0 Å². The predicted molar refractivity (Wildman–Crippen MR) is 92.6 cm³/mol. The van der Waals surface area contributed by atoms with Crippen LogP contribution in [0.4, 0.5) is 5.95 Å². The maximum atomic E-state index is 5.91. The van der Waals surface area contributed by atoms with Crippen LogP contribution in [0, 0.1) is 0 Å². The maximum Gasteiger partial charge on any atom is 0.223 e. The quantitative estimate of drug-likeness (QED) is 0.800. The average molecular weight is 318 g/mol. The van der Waals surface area contributed by atoms with Gasteiger partial charge in [0.2, 0.25) is 5.95 Å². The first-order valence-electron chi connectivity index (χ1n) is 8.08. The minimum absolute atomic E-state index is 0.0251. The van der Waals surface area contributed by atoms with Crippen molar-refractivity contribution >= 4 is 5.95 Å². The van der Waals surface area contributed by atoms with Gasteiger partial charge in [0.05, 0.1) is 18.0 Å². The van der Waals surface area contributed by atoms with Crippen LogP contribution in [0.2, 0.25) is 0 Å².